The van der Waals surface area contributed by atoms with Gasteiger partial charge in [0.15, 0.2) is 0 Å². The SMILES string of the molecule is CC(N)C(C)C(=O)NCC(F)F. The molecule has 3 nitrogen and oxygen atoms in total. The Bertz CT molecular complexity index is 150. The van der Waals surface area contributed by atoms with E-state index < -0.39 is 24.8 Å². The lowest BCUT2D eigenvalue weighted by Crippen LogP contribution is -2.40. The molecular formula is C7H14F2N2O. The Balaban J connectivity index is 3.72. The Labute approximate surface area is 70.3 Å². The number of carbonyl (C=O) groups is 1. The lowest BCUT2D eigenvalue weighted by molar-refractivity contribution is -0.125. The molecule has 2 atom stereocenters. The predicted molar refractivity (Wildman–Crippen MR) is 41.8 cm³/mol. The van der Waals surface area contributed by atoms with Crippen LogP contribution < -0.4 is 11.1 Å². The van der Waals surface area contributed by atoms with Crippen molar-refractivity contribution in [2.24, 2.45) is 11.7 Å². The molecule has 5 heteroatoms. The topological polar surface area (TPSA) is 55.1 Å². The number of carbonyl (C=O) groups excluding carboxylic acids is 1. The highest BCUT2D eigenvalue weighted by molar-refractivity contribution is 5.78. The minimum Gasteiger partial charge on any atom is -0.350 e. The van der Waals surface area contributed by atoms with E-state index in [1.54, 1.807) is 13.8 Å². The number of nitrogens with two attached hydrogens (primary N) is 1. The molecule has 0 aliphatic carbocycles. The van der Waals surface area contributed by atoms with Crippen LogP contribution >= 0.6 is 0 Å². The second-order valence-corrected chi connectivity index (χ2v) is 2.78. The van der Waals surface area contributed by atoms with Gasteiger partial charge in [-0.3, -0.25) is 4.79 Å². The van der Waals surface area contributed by atoms with E-state index in [4.69, 9.17) is 5.73 Å². The molecule has 0 fully saturated rings. The van der Waals surface area contributed by atoms with Crippen molar-refractivity contribution in [3.8, 4) is 0 Å². The van der Waals surface area contributed by atoms with Gasteiger partial charge in [-0.15, -0.1) is 0 Å². The summed E-state index contributed by atoms with van der Waals surface area (Å²) in [6.45, 7) is 2.66. The molecule has 0 aromatic heterocycles. The van der Waals surface area contributed by atoms with E-state index in [1.165, 1.54) is 0 Å². The zero-order valence-electron chi connectivity index (χ0n) is 7.18. The molecule has 0 spiro atoms. The second kappa shape index (κ2) is 5.03. The monoisotopic (exact) mass is 180 g/mol. The molecule has 0 saturated carbocycles. The Hall–Kier alpha value is -0.710. The van der Waals surface area contributed by atoms with Crippen LogP contribution in [-0.2, 0) is 4.79 Å². The van der Waals surface area contributed by atoms with Gasteiger partial charge < -0.3 is 11.1 Å². The Kier molecular flexibility index (Phi) is 4.73. The molecule has 12 heavy (non-hydrogen) atoms. The zero-order chi connectivity index (χ0) is 9.72. The summed E-state index contributed by atoms with van der Waals surface area (Å²) in [5.41, 5.74) is 5.39. The number of hydrogen-bond acceptors (Lipinski definition) is 2. The van der Waals surface area contributed by atoms with Crippen molar-refractivity contribution in [1.29, 1.82) is 0 Å². The molecule has 0 radical (unpaired) electrons. The lowest BCUT2D eigenvalue weighted by atomic mass is 10.0. The van der Waals surface area contributed by atoms with Gasteiger partial charge in [-0.1, -0.05) is 6.92 Å². The summed E-state index contributed by atoms with van der Waals surface area (Å²) in [4.78, 5) is 11.0. The van der Waals surface area contributed by atoms with Crippen molar-refractivity contribution in [1.82, 2.24) is 5.32 Å². The van der Waals surface area contributed by atoms with E-state index in [2.05, 4.69) is 5.32 Å². The van der Waals surface area contributed by atoms with E-state index in [0.717, 1.165) is 0 Å². The quantitative estimate of drug-likeness (QED) is 0.656. The summed E-state index contributed by atoms with van der Waals surface area (Å²) in [5, 5.41) is 2.09. The number of halogens is 2. The van der Waals surface area contributed by atoms with Gasteiger partial charge in [-0.05, 0) is 6.92 Å². The summed E-state index contributed by atoms with van der Waals surface area (Å²) in [7, 11) is 0. The fraction of sp³-hybridized carbons (Fsp3) is 0.857. The second-order valence-electron chi connectivity index (χ2n) is 2.78. The highest BCUT2D eigenvalue weighted by atomic mass is 19.3. The van der Waals surface area contributed by atoms with Crippen LogP contribution in [0.15, 0.2) is 0 Å². The molecule has 3 N–H and O–H groups in total. The number of hydrogen-bond donors (Lipinski definition) is 2. The minimum absolute atomic E-state index is 0.317. The minimum atomic E-state index is -2.51. The van der Waals surface area contributed by atoms with Crippen LogP contribution in [0.5, 0.6) is 0 Å². The van der Waals surface area contributed by atoms with Crippen LogP contribution in [-0.4, -0.2) is 24.9 Å². The van der Waals surface area contributed by atoms with E-state index in [9.17, 15) is 13.6 Å². The summed E-state index contributed by atoms with van der Waals surface area (Å²) in [5.74, 6) is -0.853. The average molecular weight is 180 g/mol. The molecule has 0 saturated heterocycles. The van der Waals surface area contributed by atoms with E-state index in [0.29, 0.717) is 0 Å². The maximum absolute atomic E-state index is 11.6. The third-order valence-electron chi connectivity index (χ3n) is 1.63. The standard InChI is InChI=1S/C7H14F2N2O/c1-4(5(2)10)7(12)11-3-6(8)9/h4-6H,3,10H2,1-2H3,(H,11,12). The van der Waals surface area contributed by atoms with Gasteiger partial charge in [0.05, 0.1) is 6.54 Å². The fourth-order valence-electron chi connectivity index (χ4n) is 0.578. The van der Waals surface area contributed by atoms with Gasteiger partial charge in [-0.25, -0.2) is 8.78 Å². The maximum Gasteiger partial charge on any atom is 0.255 e. The van der Waals surface area contributed by atoms with Crippen molar-refractivity contribution < 1.29 is 13.6 Å². The van der Waals surface area contributed by atoms with Crippen LogP contribution in [0.4, 0.5) is 8.78 Å². The van der Waals surface area contributed by atoms with Crippen LogP contribution in [0.25, 0.3) is 0 Å². The van der Waals surface area contributed by atoms with Gasteiger partial charge in [0.25, 0.3) is 6.43 Å². The first-order valence-electron chi connectivity index (χ1n) is 3.76. The molecule has 0 bridgehead atoms. The van der Waals surface area contributed by atoms with Gasteiger partial charge in [0.1, 0.15) is 0 Å². The Morgan fingerprint density at radius 1 is 1.50 bits per heavy atom. The highest BCUT2D eigenvalue weighted by Crippen LogP contribution is 1.99. The van der Waals surface area contributed by atoms with Crippen LogP contribution in [0.1, 0.15) is 13.8 Å². The number of amides is 1. The van der Waals surface area contributed by atoms with E-state index >= 15 is 0 Å². The largest absolute Gasteiger partial charge is 0.350 e. The normalized spacial score (nSPS) is 15.8. The van der Waals surface area contributed by atoms with Crippen molar-refractivity contribution in [3.05, 3.63) is 0 Å². The van der Waals surface area contributed by atoms with Crippen molar-refractivity contribution in [2.75, 3.05) is 6.54 Å². The molecule has 0 aliphatic heterocycles. The molecule has 72 valence electrons. The molecule has 2 unspecified atom stereocenters. The number of alkyl halides is 2. The molecule has 1 amide bonds. The van der Waals surface area contributed by atoms with Gasteiger partial charge >= 0.3 is 0 Å². The molecule has 0 aliphatic rings. The first kappa shape index (κ1) is 11.3. The third kappa shape index (κ3) is 4.23. The van der Waals surface area contributed by atoms with Crippen LogP contribution in [0.3, 0.4) is 0 Å². The maximum atomic E-state index is 11.6. The lowest BCUT2D eigenvalue weighted by Gasteiger charge is -2.14. The average Bonchev–Trinajstić information content (AvgIpc) is 1.98. The van der Waals surface area contributed by atoms with Crippen LogP contribution in [0, 0.1) is 5.92 Å². The van der Waals surface area contributed by atoms with Gasteiger partial charge in [0, 0.05) is 12.0 Å². The summed E-state index contributed by atoms with van der Waals surface area (Å²) >= 11 is 0. The van der Waals surface area contributed by atoms with E-state index in [-0.39, 0.29) is 6.04 Å². The Morgan fingerprint density at radius 3 is 2.33 bits per heavy atom. The molecule has 0 heterocycles. The summed E-state index contributed by atoms with van der Waals surface area (Å²) in [6, 6.07) is -0.317. The van der Waals surface area contributed by atoms with Crippen molar-refractivity contribution in [3.63, 3.8) is 0 Å². The molecule has 0 aromatic carbocycles. The van der Waals surface area contributed by atoms with Crippen molar-refractivity contribution in [2.45, 2.75) is 26.3 Å². The first-order chi connectivity index (χ1) is 5.45. The van der Waals surface area contributed by atoms with Gasteiger partial charge in [-0.2, -0.15) is 0 Å². The van der Waals surface area contributed by atoms with E-state index in [1.807, 2.05) is 0 Å². The number of rotatable bonds is 4. The highest BCUT2D eigenvalue weighted by Gasteiger charge is 2.17. The molecule has 0 rings (SSSR count). The fourth-order valence-corrected chi connectivity index (χ4v) is 0.578. The zero-order valence-corrected chi connectivity index (χ0v) is 7.18. The molecule has 0 aromatic rings. The van der Waals surface area contributed by atoms with Crippen molar-refractivity contribution >= 4 is 5.91 Å². The number of nitrogens with one attached hydrogen (secondary N) is 1. The van der Waals surface area contributed by atoms with Crippen LogP contribution in [0.2, 0.25) is 0 Å². The Morgan fingerprint density at radius 2 is 2.00 bits per heavy atom. The molecular weight excluding hydrogens is 166 g/mol. The van der Waals surface area contributed by atoms with Gasteiger partial charge in [0.2, 0.25) is 5.91 Å². The first-order valence-corrected chi connectivity index (χ1v) is 3.76. The summed E-state index contributed by atoms with van der Waals surface area (Å²) < 4.78 is 23.2. The smallest absolute Gasteiger partial charge is 0.255 e. The summed E-state index contributed by atoms with van der Waals surface area (Å²) in [6.07, 6.45) is -2.51. The third-order valence-corrected chi connectivity index (χ3v) is 1.63. The predicted octanol–water partition coefficient (Wildman–Crippen LogP) is 0.351.